The van der Waals surface area contributed by atoms with Crippen molar-refractivity contribution in [3.05, 3.63) is 54.1 Å². The molecule has 0 bridgehead atoms. The second kappa shape index (κ2) is 8.89. The van der Waals surface area contributed by atoms with Gasteiger partial charge in [0.25, 0.3) is 0 Å². The minimum atomic E-state index is -0.625. The van der Waals surface area contributed by atoms with Crippen molar-refractivity contribution < 1.29 is 9.53 Å². The molecule has 2 rings (SSSR count). The molecule has 0 spiro atoms. The van der Waals surface area contributed by atoms with Gasteiger partial charge in [-0.2, -0.15) is 0 Å². The Hall–Kier alpha value is -1.80. The summed E-state index contributed by atoms with van der Waals surface area (Å²) in [6.45, 7) is 5.99. The molecule has 128 valence electrons. The molecule has 0 fully saturated rings. The van der Waals surface area contributed by atoms with Crippen LogP contribution in [0.15, 0.2) is 48.5 Å². The van der Waals surface area contributed by atoms with E-state index in [1.165, 1.54) is 18.4 Å². The number of benzene rings is 2. The molecule has 0 aliphatic rings. The van der Waals surface area contributed by atoms with Crippen LogP contribution in [0.5, 0.6) is 5.75 Å². The molecule has 3 heteroatoms. The van der Waals surface area contributed by atoms with Crippen LogP contribution in [0.1, 0.15) is 39.2 Å². The fourth-order valence-corrected chi connectivity index (χ4v) is 2.45. The van der Waals surface area contributed by atoms with Gasteiger partial charge >= 0.3 is 5.97 Å². The van der Waals surface area contributed by atoms with Crippen LogP contribution in [0.4, 0.5) is 0 Å². The Morgan fingerprint density at radius 1 is 1.00 bits per heavy atom. The van der Waals surface area contributed by atoms with Gasteiger partial charge in [0.2, 0.25) is 0 Å². The molecular weight excluding hydrogens is 320 g/mol. The second-order valence-corrected chi connectivity index (χ2v) is 6.86. The molecule has 1 unspecified atom stereocenters. The number of esters is 1. The van der Waals surface area contributed by atoms with Gasteiger partial charge in [0, 0.05) is 0 Å². The minimum absolute atomic E-state index is 0.0460. The average Bonchev–Trinajstić information content (AvgIpc) is 2.60. The number of carbonyl (C=O) groups excluding carboxylic acids is 1. The van der Waals surface area contributed by atoms with E-state index in [0.717, 1.165) is 17.5 Å². The van der Waals surface area contributed by atoms with E-state index >= 15 is 0 Å². The summed E-state index contributed by atoms with van der Waals surface area (Å²) in [5.74, 6) is 0.166. The fourth-order valence-electron chi connectivity index (χ4n) is 2.40. The molecule has 24 heavy (non-hydrogen) atoms. The summed E-state index contributed by atoms with van der Waals surface area (Å²) in [6, 6.07) is 16.2. The van der Waals surface area contributed by atoms with Crippen molar-refractivity contribution in [1.29, 1.82) is 0 Å². The Bertz CT molecular complexity index is 645. The molecule has 0 heterocycles. The second-order valence-electron chi connectivity index (χ2n) is 6.39. The quantitative estimate of drug-likeness (QED) is 0.357. The lowest BCUT2D eigenvalue weighted by molar-refractivity contribution is -0.134. The van der Waals surface area contributed by atoms with E-state index in [4.69, 9.17) is 16.3 Å². The lowest BCUT2D eigenvalue weighted by atomic mass is 10.0. The average molecular weight is 345 g/mol. The van der Waals surface area contributed by atoms with Crippen LogP contribution in [0.3, 0.4) is 0 Å². The van der Waals surface area contributed by atoms with Crippen molar-refractivity contribution in [1.82, 2.24) is 0 Å². The molecule has 2 aromatic rings. The van der Waals surface area contributed by atoms with E-state index in [0.29, 0.717) is 5.75 Å². The van der Waals surface area contributed by atoms with Crippen LogP contribution in [-0.2, 0) is 11.2 Å². The van der Waals surface area contributed by atoms with Crippen LogP contribution in [0.2, 0.25) is 0 Å². The molecule has 2 nitrogen and oxygen atoms in total. The van der Waals surface area contributed by atoms with Gasteiger partial charge in [-0.05, 0) is 47.6 Å². The summed E-state index contributed by atoms with van der Waals surface area (Å²) < 4.78 is 5.32. The van der Waals surface area contributed by atoms with Crippen molar-refractivity contribution >= 4 is 17.6 Å². The molecule has 0 amide bonds. The Balaban J connectivity index is 2.02. The molecule has 1 atom stereocenters. The first kappa shape index (κ1) is 18.5. The van der Waals surface area contributed by atoms with E-state index in [1.807, 2.05) is 38.1 Å². The molecule has 0 saturated heterocycles. The van der Waals surface area contributed by atoms with E-state index in [9.17, 15) is 4.79 Å². The number of aryl methyl sites for hydroxylation is 1. The topological polar surface area (TPSA) is 26.3 Å². The maximum atomic E-state index is 11.9. The number of hydrogen-bond acceptors (Lipinski definition) is 2. The zero-order valence-electron chi connectivity index (χ0n) is 14.6. The van der Waals surface area contributed by atoms with Crippen LogP contribution < -0.4 is 4.74 Å². The molecular formula is C21H25ClO2. The summed E-state index contributed by atoms with van der Waals surface area (Å²) in [5, 5.41) is -0.625. The molecule has 0 radical (unpaired) electrons. The highest BCUT2D eigenvalue weighted by Crippen LogP contribution is 2.24. The smallest absolute Gasteiger partial charge is 0.329 e. The Labute approximate surface area is 149 Å². The monoisotopic (exact) mass is 344 g/mol. The van der Waals surface area contributed by atoms with Crippen molar-refractivity contribution in [3.8, 4) is 16.9 Å². The fraction of sp³-hybridized carbons (Fsp3) is 0.381. The number of halogens is 1. The van der Waals surface area contributed by atoms with Crippen LogP contribution >= 0.6 is 11.6 Å². The first-order chi connectivity index (χ1) is 11.5. The number of rotatable bonds is 7. The third-order valence-electron chi connectivity index (χ3n) is 3.99. The Morgan fingerprint density at radius 3 is 2.04 bits per heavy atom. The highest BCUT2D eigenvalue weighted by atomic mass is 35.5. The van der Waals surface area contributed by atoms with Gasteiger partial charge in [0.05, 0.1) is 0 Å². The number of ether oxygens (including phenoxy) is 1. The van der Waals surface area contributed by atoms with Crippen LogP contribution in [0.25, 0.3) is 11.1 Å². The zero-order valence-corrected chi connectivity index (χ0v) is 15.3. The van der Waals surface area contributed by atoms with Crippen molar-refractivity contribution in [2.45, 2.75) is 45.4 Å². The van der Waals surface area contributed by atoms with Crippen LogP contribution in [0, 0.1) is 5.92 Å². The van der Waals surface area contributed by atoms with Gasteiger partial charge < -0.3 is 4.74 Å². The lowest BCUT2D eigenvalue weighted by Gasteiger charge is -2.12. The number of carbonyl (C=O) groups is 1. The molecule has 0 aromatic heterocycles. The first-order valence-corrected chi connectivity index (χ1v) is 9.00. The zero-order chi connectivity index (χ0) is 17.5. The molecule has 0 N–H and O–H groups in total. The predicted molar refractivity (Wildman–Crippen MR) is 101 cm³/mol. The molecule has 0 saturated carbocycles. The molecule has 0 aliphatic heterocycles. The first-order valence-electron chi connectivity index (χ1n) is 8.56. The summed E-state index contributed by atoms with van der Waals surface area (Å²) >= 11 is 6.02. The van der Waals surface area contributed by atoms with Gasteiger partial charge in [-0.3, -0.25) is 4.79 Å². The van der Waals surface area contributed by atoms with Crippen molar-refractivity contribution in [2.75, 3.05) is 0 Å². The van der Waals surface area contributed by atoms with Gasteiger partial charge in [-0.25, -0.2) is 0 Å². The number of hydrogen-bond donors (Lipinski definition) is 0. The van der Waals surface area contributed by atoms with Crippen molar-refractivity contribution in [2.24, 2.45) is 5.92 Å². The minimum Gasteiger partial charge on any atom is -0.425 e. The Morgan fingerprint density at radius 2 is 1.54 bits per heavy atom. The summed E-state index contributed by atoms with van der Waals surface area (Å²) in [6.07, 6.45) is 3.56. The number of alkyl halides is 1. The molecule has 2 aromatic carbocycles. The van der Waals surface area contributed by atoms with Gasteiger partial charge in [-0.15, -0.1) is 11.6 Å². The highest BCUT2D eigenvalue weighted by molar-refractivity contribution is 6.30. The van der Waals surface area contributed by atoms with Gasteiger partial charge in [0.15, 0.2) is 0 Å². The van der Waals surface area contributed by atoms with E-state index in [-0.39, 0.29) is 5.92 Å². The summed E-state index contributed by atoms with van der Waals surface area (Å²) in [7, 11) is 0. The lowest BCUT2D eigenvalue weighted by Crippen LogP contribution is -2.25. The maximum absolute atomic E-state index is 11.9. The third kappa shape index (κ3) is 5.10. The third-order valence-corrected chi connectivity index (χ3v) is 4.67. The van der Waals surface area contributed by atoms with Crippen LogP contribution in [-0.4, -0.2) is 11.3 Å². The van der Waals surface area contributed by atoms with E-state index in [2.05, 4.69) is 31.2 Å². The van der Waals surface area contributed by atoms with Gasteiger partial charge in [-0.1, -0.05) is 63.6 Å². The SMILES string of the molecule is CCCCc1ccc(-c2ccc(OC(=O)C(Cl)C(C)C)cc2)cc1. The van der Waals surface area contributed by atoms with E-state index in [1.54, 1.807) is 0 Å². The predicted octanol–water partition coefficient (Wildman–Crippen LogP) is 5.87. The summed E-state index contributed by atoms with van der Waals surface area (Å²) in [5.41, 5.74) is 3.63. The largest absolute Gasteiger partial charge is 0.425 e. The summed E-state index contributed by atoms with van der Waals surface area (Å²) in [4.78, 5) is 11.9. The van der Waals surface area contributed by atoms with E-state index < -0.39 is 11.3 Å². The number of unbranched alkanes of at least 4 members (excludes halogenated alkanes) is 1. The van der Waals surface area contributed by atoms with Crippen molar-refractivity contribution in [3.63, 3.8) is 0 Å². The standard InChI is InChI=1S/C21H25ClO2/c1-4-5-6-16-7-9-17(10-8-16)18-11-13-19(14-12-18)24-21(23)20(22)15(2)3/h7-15,20H,4-6H2,1-3H3. The van der Waals surface area contributed by atoms with Gasteiger partial charge in [0.1, 0.15) is 11.1 Å². The maximum Gasteiger partial charge on any atom is 0.329 e. The highest BCUT2D eigenvalue weighted by Gasteiger charge is 2.21. The Kier molecular flexibility index (Phi) is 6.86. The normalized spacial score (nSPS) is 12.2. The molecule has 0 aliphatic carbocycles.